The van der Waals surface area contributed by atoms with Crippen LogP contribution in [-0.2, 0) is 9.53 Å². The third-order valence-electron chi connectivity index (χ3n) is 3.47. The molecular formula is C15H22O3. The third kappa shape index (κ3) is 4.06. The van der Waals surface area contributed by atoms with Crippen molar-refractivity contribution in [3.8, 4) is 0 Å². The Morgan fingerprint density at radius 2 is 2.39 bits per heavy atom. The zero-order valence-corrected chi connectivity index (χ0v) is 11.2. The van der Waals surface area contributed by atoms with Crippen LogP contribution in [0.5, 0.6) is 0 Å². The van der Waals surface area contributed by atoms with Gasteiger partial charge in [-0.1, -0.05) is 25.2 Å². The van der Waals surface area contributed by atoms with E-state index in [2.05, 4.69) is 6.58 Å². The second-order valence-corrected chi connectivity index (χ2v) is 4.70. The van der Waals surface area contributed by atoms with E-state index in [1.54, 1.807) is 7.11 Å². The van der Waals surface area contributed by atoms with E-state index >= 15 is 0 Å². The number of carbonyl (C=O) groups is 1. The number of hydrogen-bond donors (Lipinski definition) is 1. The van der Waals surface area contributed by atoms with Crippen molar-refractivity contribution < 1.29 is 14.6 Å². The molecule has 0 aromatic carbocycles. The molecule has 3 heteroatoms. The first-order valence-electron chi connectivity index (χ1n) is 6.41. The van der Waals surface area contributed by atoms with E-state index in [9.17, 15) is 9.90 Å². The van der Waals surface area contributed by atoms with E-state index in [1.165, 1.54) is 0 Å². The van der Waals surface area contributed by atoms with Gasteiger partial charge in [0.2, 0.25) is 0 Å². The monoisotopic (exact) mass is 250 g/mol. The van der Waals surface area contributed by atoms with Crippen LogP contribution in [0.15, 0.2) is 36.1 Å². The Morgan fingerprint density at radius 3 is 2.94 bits per heavy atom. The molecule has 0 aromatic heterocycles. The van der Waals surface area contributed by atoms with Crippen molar-refractivity contribution in [3.05, 3.63) is 36.1 Å². The highest BCUT2D eigenvalue weighted by Crippen LogP contribution is 2.28. The predicted molar refractivity (Wildman–Crippen MR) is 72.1 cm³/mol. The average molecular weight is 250 g/mol. The summed E-state index contributed by atoms with van der Waals surface area (Å²) in [7, 11) is 1.63. The molecule has 0 heterocycles. The van der Waals surface area contributed by atoms with Gasteiger partial charge in [0.25, 0.3) is 0 Å². The van der Waals surface area contributed by atoms with Crippen LogP contribution in [0.4, 0.5) is 0 Å². The molecule has 0 bridgehead atoms. The highest BCUT2D eigenvalue weighted by molar-refractivity contribution is 5.70. The van der Waals surface area contributed by atoms with E-state index < -0.39 is 5.97 Å². The Morgan fingerprint density at radius 1 is 1.67 bits per heavy atom. The fourth-order valence-corrected chi connectivity index (χ4v) is 2.37. The van der Waals surface area contributed by atoms with Crippen molar-refractivity contribution >= 4 is 5.97 Å². The lowest BCUT2D eigenvalue weighted by atomic mass is 9.83. The quantitative estimate of drug-likeness (QED) is 0.830. The summed E-state index contributed by atoms with van der Waals surface area (Å²) in [4.78, 5) is 11.2. The number of aliphatic carboxylic acids is 1. The predicted octanol–water partition coefficient (Wildman–Crippen LogP) is 3.54. The topological polar surface area (TPSA) is 46.5 Å². The summed E-state index contributed by atoms with van der Waals surface area (Å²) in [5, 5.41) is 9.24. The van der Waals surface area contributed by atoms with Crippen LogP contribution in [0.1, 0.15) is 32.6 Å². The standard InChI is InChI=1S/C15H22O3/c1-4-14(15(16)17)12-6-5-7-13(18-3)10-11(2)8-9-12/h5,7,10,12,14H,2,4,6,8-9H2,1,3H3,(H,16,17)/b7-5-,13-10+. The molecule has 1 aliphatic carbocycles. The fraction of sp³-hybridized carbons (Fsp3) is 0.533. The number of carboxylic acids is 1. The Kier molecular flexibility index (Phi) is 5.69. The molecule has 3 nitrogen and oxygen atoms in total. The number of hydrogen-bond acceptors (Lipinski definition) is 2. The van der Waals surface area contributed by atoms with Crippen LogP contribution in [0, 0.1) is 11.8 Å². The Labute approximate surface area is 109 Å². The van der Waals surface area contributed by atoms with Gasteiger partial charge in [-0.05, 0) is 43.8 Å². The molecule has 0 amide bonds. The molecule has 2 atom stereocenters. The van der Waals surface area contributed by atoms with Crippen molar-refractivity contribution in [2.75, 3.05) is 7.11 Å². The first kappa shape index (κ1) is 14.6. The van der Waals surface area contributed by atoms with Gasteiger partial charge in [0.1, 0.15) is 5.76 Å². The fourth-order valence-electron chi connectivity index (χ4n) is 2.37. The lowest BCUT2D eigenvalue weighted by Crippen LogP contribution is -2.22. The van der Waals surface area contributed by atoms with Crippen molar-refractivity contribution in [2.24, 2.45) is 11.8 Å². The van der Waals surface area contributed by atoms with E-state index in [1.807, 2.05) is 25.2 Å². The maximum absolute atomic E-state index is 11.2. The number of ether oxygens (including phenoxy) is 1. The molecule has 0 aromatic rings. The Hall–Kier alpha value is -1.51. The average Bonchev–Trinajstić information content (AvgIpc) is 2.41. The molecule has 1 aliphatic rings. The molecule has 1 rings (SSSR count). The van der Waals surface area contributed by atoms with Gasteiger partial charge in [-0.25, -0.2) is 0 Å². The number of allylic oxidation sites excluding steroid dienone is 4. The number of carboxylic acid groups (broad SMARTS) is 1. The van der Waals surface area contributed by atoms with Crippen molar-refractivity contribution in [2.45, 2.75) is 32.6 Å². The lowest BCUT2D eigenvalue weighted by Gasteiger charge is -2.21. The zero-order chi connectivity index (χ0) is 13.5. The van der Waals surface area contributed by atoms with E-state index in [0.29, 0.717) is 6.42 Å². The largest absolute Gasteiger partial charge is 0.497 e. The second kappa shape index (κ2) is 7.04. The molecule has 100 valence electrons. The molecule has 0 aliphatic heterocycles. The van der Waals surface area contributed by atoms with E-state index in [4.69, 9.17) is 4.74 Å². The van der Waals surface area contributed by atoms with Crippen LogP contribution >= 0.6 is 0 Å². The van der Waals surface area contributed by atoms with Gasteiger partial charge in [0.15, 0.2) is 0 Å². The highest BCUT2D eigenvalue weighted by Gasteiger charge is 2.25. The number of methoxy groups -OCH3 is 1. The highest BCUT2D eigenvalue weighted by atomic mass is 16.5. The zero-order valence-electron chi connectivity index (χ0n) is 11.2. The number of rotatable bonds is 4. The Balaban J connectivity index is 2.82. The van der Waals surface area contributed by atoms with Crippen LogP contribution in [-0.4, -0.2) is 18.2 Å². The first-order valence-corrected chi connectivity index (χ1v) is 6.41. The maximum Gasteiger partial charge on any atom is 0.306 e. The van der Waals surface area contributed by atoms with E-state index in [-0.39, 0.29) is 11.8 Å². The summed E-state index contributed by atoms with van der Waals surface area (Å²) < 4.78 is 5.22. The Bertz CT molecular complexity index is 366. The second-order valence-electron chi connectivity index (χ2n) is 4.70. The molecule has 0 fully saturated rings. The molecule has 0 saturated carbocycles. The molecule has 18 heavy (non-hydrogen) atoms. The van der Waals surface area contributed by atoms with Crippen molar-refractivity contribution in [1.29, 1.82) is 0 Å². The third-order valence-corrected chi connectivity index (χ3v) is 3.47. The molecule has 0 saturated heterocycles. The first-order chi connectivity index (χ1) is 8.58. The molecule has 2 unspecified atom stereocenters. The molecule has 0 spiro atoms. The summed E-state index contributed by atoms with van der Waals surface area (Å²) in [5.41, 5.74) is 0.989. The van der Waals surface area contributed by atoms with Gasteiger partial charge >= 0.3 is 5.97 Å². The maximum atomic E-state index is 11.2. The minimum absolute atomic E-state index is 0.171. The van der Waals surface area contributed by atoms with Crippen LogP contribution in [0.25, 0.3) is 0 Å². The van der Waals surface area contributed by atoms with Gasteiger partial charge in [0, 0.05) is 0 Å². The molecule has 0 radical (unpaired) electrons. The van der Waals surface area contributed by atoms with E-state index in [0.717, 1.165) is 30.6 Å². The minimum Gasteiger partial charge on any atom is -0.497 e. The van der Waals surface area contributed by atoms with Gasteiger partial charge < -0.3 is 9.84 Å². The summed E-state index contributed by atoms with van der Waals surface area (Å²) in [5.74, 6) is -0.0126. The summed E-state index contributed by atoms with van der Waals surface area (Å²) >= 11 is 0. The summed E-state index contributed by atoms with van der Waals surface area (Å²) in [6.45, 7) is 5.92. The smallest absolute Gasteiger partial charge is 0.306 e. The van der Waals surface area contributed by atoms with Crippen LogP contribution in [0.3, 0.4) is 0 Å². The van der Waals surface area contributed by atoms with Crippen molar-refractivity contribution in [3.63, 3.8) is 0 Å². The van der Waals surface area contributed by atoms with Crippen molar-refractivity contribution in [1.82, 2.24) is 0 Å². The van der Waals surface area contributed by atoms with Crippen LogP contribution < -0.4 is 0 Å². The van der Waals surface area contributed by atoms with Gasteiger partial charge in [0.05, 0.1) is 13.0 Å². The van der Waals surface area contributed by atoms with Gasteiger partial charge in [-0.3, -0.25) is 4.79 Å². The lowest BCUT2D eigenvalue weighted by molar-refractivity contribution is -0.143. The summed E-state index contributed by atoms with van der Waals surface area (Å²) in [6, 6.07) is 0. The summed E-state index contributed by atoms with van der Waals surface area (Å²) in [6.07, 6.45) is 8.96. The van der Waals surface area contributed by atoms with Gasteiger partial charge in [-0.2, -0.15) is 0 Å². The normalized spacial score (nSPS) is 27.1. The molecular weight excluding hydrogens is 228 g/mol. The SMILES string of the molecule is C=C1/C=C(OC)\C=C/CC(C(CC)C(=O)O)CC1. The molecule has 1 N–H and O–H groups in total. The minimum atomic E-state index is -0.694. The van der Waals surface area contributed by atoms with Crippen LogP contribution in [0.2, 0.25) is 0 Å². The van der Waals surface area contributed by atoms with Gasteiger partial charge in [-0.15, -0.1) is 0 Å².